The maximum Gasteiger partial charge on any atom is 0.410 e. The van der Waals surface area contributed by atoms with E-state index >= 15 is 0 Å². The summed E-state index contributed by atoms with van der Waals surface area (Å²) in [7, 11) is 0. The smallest absolute Gasteiger partial charge is 0.410 e. The van der Waals surface area contributed by atoms with Gasteiger partial charge in [0, 0.05) is 13.1 Å². The molecule has 0 spiro atoms. The summed E-state index contributed by atoms with van der Waals surface area (Å²) in [4.78, 5) is 14.1. The normalized spacial score (nSPS) is 15.5. The summed E-state index contributed by atoms with van der Waals surface area (Å²) in [6.07, 6.45) is 2.28. The fourth-order valence-electron chi connectivity index (χ4n) is 4.33. The van der Waals surface area contributed by atoms with Crippen LogP contribution in [0.25, 0.3) is 0 Å². The Morgan fingerprint density at radius 3 is 2.24 bits per heavy atom. The van der Waals surface area contributed by atoms with E-state index in [-0.39, 0.29) is 17.8 Å². The Kier molecular flexibility index (Phi) is 9.65. The maximum atomic E-state index is 12.3. The molecule has 204 valence electrons. The number of rotatable bonds is 10. The molecule has 2 aromatic carbocycles. The van der Waals surface area contributed by atoms with Crippen molar-refractivity contribution in [2.45, 2.75) is 97.2 Å². The van der Waals surface area contributed by atoms with Crippen LogP contribution >= 0.6 is 0 Å². The minimum Gasteiger partial charge on any atom is -0.489 e. The Hall–Kier alpha value is -2.57. The highest BCUT2D eigenvalue weighted by Gasteiger charge is 2.31. The predicted molar refractivity (Wildman–Crippen MR) is 147 cm³/mol. The predicted octanol–water partition coefficient (Wildman–Crippen LogP) is 7.10. The molecule has 0 radical (unpaired) electrons. The lowest BCUT2D eigenvalue weighted by molar-refractivity contribution is -0.115. The zero-order valence-corrected chi connectivity index (χ0v) is 23.7. The zero-order chi connectivity index (χ0) is 27.1. The largest absolute Gasteiger partial charge is 0.489 e. The van der Waals surface area contributed by atoms with Crippen molar-refractivity contribution in [1.29, 1.82) is 0 Å². The molecular weight excluding hydrogens is 466 g/mol. The van der Waals surface area contributed by atoms with Crippen LogP contribution in [-0.4, -0.2) is 48.0 Å². The summed E-state index contributed by atoms with van der Waals surface area (Å²) in [6.45, 7) is 16.5. The van der Waals surface area contributed by atoms with Gasteiger partial charge in [0.1, 0.15) is 18.0 Å². The second kappa shape index (κ2) is 12.3. The molecule has 6 heteroatoms. The van der Waals surface area contributed by atoms with Gasteiger partial charge in [-0.1, -0.05) is 42.5 Å². The molecule has 0 atom stereocenters. The lowest BCUT2D eigenvalue weighted by Crippen LogP contribution is -2.45. The molecule has 0 unspecified atom stereocenters. The van der Waals surface area contributed by atoms with Crippen LogP contribution in [0.1, 0.15) is 78.9 Å². The van der Waals surface area contributed by atoms with Gasteiger partial charge < -0.3 is 23.8 Å². The fourth-order valence-corrected chi connectivity index (χ4v) is 4.33. The standard InChI is InChI=1S/C31H45NO5/c1-29(2,3)37-28(33)32-19-16-26(17-20-32)36-30(4,5)18-21-35-31(6,7)25-14-11-15-27(22-25)34-23-24-12-9-8-10-13-24/h8-15,22,26H,16-21,23H2,1-7H3. The molecule has 6 nitrogen and oxygen atoms in total. The Morgan fingerprint density at radius 1 is 0.919 bits per heavy atom. The molecule has 1 amide bonds. The number of benzene rings is 2. The highest BCUT2D eigenvalue weighted by molar-refractivity contribution is 5.68. The minimum absolute atomic E-state index is 0.125. The van der Waals surface area contributed by atoms with Crippen molar-refractivity contribution >= 4 is 6.09 Å². The van der Waals surface area contributed by atoms with E-state index in [1.807, 2.05) is 51.1 Å². The molecule has 0 bridgehead atoms. The van der Waals surface area contributed by atoms with Crippen molar-refractivity contribution in [1.82, 2.24) is 4.90 Å². The van der Waals surface area contributed by atoms with Gasteiger partial charge in [-0.3, -0.25) is 0 Å². The van der Waals surface area contributed by atoms with E-state index in [1.54, 1.807) is 4.90 Å². The van der Waals surface area contributed by atoms with E-state index in [9.17, 15) is 4.79 Å². The van der Waals surface area contributed by atoms with Crippen LogP contribution in [0.5, 0.6) is 5.75 Å². The molecule has 37 heavy (non-hydrogen) atoms. The molecular formula is C31H45NO5. The molecule has 0 aromatic heterocycles. The van der Waals surface area contributed by atoms with Crippen molar-refractivity contribution in [2.24, 2.45) is 0 Å². The van der Waals surface area contributed by atoms with E-state index in [4.69, 9.17) is 18.9 Å². The Labute approximate surface area is 223 Å². The number of amides is 1. The summed E-state index contributed by atoms with van der Waals surface area (Å²) in [6, 6.07) is 18.3. The van der Waals surface area contributed by atoms with Gasteiger partial charge in [-0.25, -0.2) is 4.79 Å². The summed E-state index contributed by atoms with van der Waals surface area (Å²) in [5.74, 6) is 0.833. The van der Waals surface area contributed by atoms with Crippen LogP contribution in [-0.2, 0) is 26.4 Å². The van der Waals surface area contributed by atoms with Crippen LogP contribution in [0.15, 0.2) is 54.6 Å². The number of piperidine rings is 1. The molecule has 1 saturated heterocycles. The topological polar surface area (TPSA) is 57.2 Å². The lowest BCUT2D eigenvalue weighted by Gasteiger charge is -2.37. The van der Waals surface area contributed by atoms with E-state index < -0.39 is 11.2 Å². The summed E-state index contributed by atoms with van der Waals surface area (Å²) >= 11 is 0. The highest BCUT2D eigenvalue weighted by atomic mass is 16.6. The van der Waals surface area contributed by atoms with Crippen molar-refractivity contribution in [3.63, 3.8) is 0 Å². The van der Waals surface area contributed by atoms with Gasteiger partial charge >= 0.3 is 6.09 Å². The average molecular weight is 512 g/mol. The minimum atomic E-state index is -0.475. The van der Waals surface area contributed by atoms with Gasteiger partial charge in [0.25, 0.3) is 0 Å². The fraction of sp³-hybridized carbons (Fsp3) is 0.581. The number of nitrogens with zero attached hydrogens (tertiary/aromatic N) is 1. The number of ether oxygens (including phenoxy) is 4. The Morgan fingerprint density at radius 2 is 1.59 bits per heavy atom. The van der Waals surface area contributed by atoms with Crippen LogP contribution in [0, 0.1) is 0 Å². The van der Waals surface area contributed by atoms with Crippen LogP contribution in [0.4, 0.5) is 4.79 Å². The first-order valence-corrected chi connectivity index (χ1v) is 13.4. The van der Waals surface area contributed by atoms with Gasteiger partial charge in [-0.2, -0.15) is 0 Å². The molecule has 0 N–H and O–H groups in total. The molecule has 0 saturated carbocycles. The number of likely N-dealkylation sites (tertiary alicyclic amines) is 1. The number of hydrogen-bond acceptors (Lipinski definition) is 5. The third-order valence-corrected chi connectivity index (χ3v) is 6.52. The van der Waals surface area contributed by atoms with Gasteiger partial charge in [-0.05, 0) is 91.0 Å². The quantitative estimate of drug-likeness (QED) is 0.340. The first-order valence-electron chi connectivity index (χ1n) is 13.4. The third-order valence-electron chi connectivity index (χ3n) is 6.52. The Balaban J connectivity index is 1.44. The highest BCUT2D eigenvalue weighted by Crippen LogP contribution is 2.30. The van der Waals surface area contributed by atoms with Crippen molar-refractivity contribution in [2.75, 3.05) is 19.7 Å². The molecule has 2 aromatic rings. The number of carbonyl (C=O) groups excluding carboxylic acids is 1. The second-order valence-electron chi connectivity index (χ2n) is 12.0. The molecule has 1 fully saturated rings. The molecule has 0 aliphatic carbocycles. The van der Waals surface area contributed by atoms with Gasteiger partial charge in [-0.15, -0.1) is 0 Å². The summed E-state index contributed by atoms with van der Waals surface area (Å²) < 4.78 is 24.3. The van der Waals surface area contributed by atoms with E-state index in [0.717, 1.165) is 36.1 Å². The van der Waals surface area contributed by atoms with E-state index in [0.29, 0.717) is 26.3 Å². The maximum absolute atomic E-state index is 12.3. The van der Waals surface area contributed by atoms with Gasteiger partial charge in [0.2, 0.25) is 0 Å². The van der Waals surface area contributed by atoms with Crippen LogP contribution in [0.3, 0.4) is 0 Å². The molecule has 1 heterocycles. The number of carbonyl (C=O) groups is 1. The van der Waals surface area contributed by atoms with Gasteiger partial charge in [0.15, 0.2) is 0 Å². The first-order chi connectivity index (χ1) is 17.3. The monoisotopic (exact) mass is 511 g/mol. The Bertz CT molecular complexity index is 988. The lowest BCUT2D eigenvalue weighted by atomic mass is 9.97. The second-order valence-corrected chi connectivity index (χ2v) is 12.0. The summed E-state index contributed by atoms with van der Waals surface area (Å²) in [5, 5.41) is 0. The van der Waals surface area contributed by atoms with Gasteiger partial charge in [0.05, 0.1) is 23.9 Å². The number of hydrogen-bond donors (Lipinski definition) is 0. The third kappa shape index (κ3) is 9.67. The van der Waals surface area contributed by atoms with Crippen LogP contribution < -0.4 is 4.74 Å². The van der Waals surface area contributed by atoms with Crippen LogP contribution in [0.2, 0.25) is 0 Å². The van der Waals surface area contributed by atoms with Crippen molar-refractivity contribution in [3.05, 3.63) is 65.7 Å². The summed E-state index contributed by atoms with van der Waals surface area (Å²) in [5.41, 5.74) is 0.958. The average Bonchev–Trinajstić information content (AvgIpc) is 2.82. The van der Waals surface area contributed by atoms with E-state index in [1.165, 1.54) is 0 Å². The molecule has 1 aliphatic rings. The molecule has 3 rings (SSSR count). The van der Waals surface area contributed by atoms with Crippen molar-refractivity contribution in [3.8, 4) is 5.75 Å². The first kappa shape index (κ1) is 29.0. The van der Waals surface area contributed by atoms with E-state index in [2.05, 4.69) is 52.0 Å². The molecule has 1 aliphatic heterocycles. The van der Waals surface area contributed by atoms with Crippen molar-refractivity contribution < 1.29 is 23.7 Å². The zero-order valence-electron chi connectivity index (χ0n) is 23.7. The SMILES string of the molecule is CC(C)(C)OC(=O)N1CCC(OC(C)(C)CCOC(C)(C)c2cccc(OCc3ccccc3)c2)CC1.